The standard InChI is InChI=1S/C20H21ClO4/c1-14(22)15-3-5-16(6-4-15)17-7-9-18(10-8-17)20(23)25-13-19(21)11-12-24-2/h3-10,19H,11-13H2,1-2H3. The summed E-state index contributed by atoms with van der Waals surface area (Å²) < 4.78 is 10.1. The first-order chi connectivity index (χ1) is 12.0. The van der Waals surface area contributed by atoms with Crippen molar-refractivity contribution in [2.45, 2.75) is 18.7 Å². The minimum absolute atomic E-state index is 0.0349. The zero-order chi connectivity index (χ0) is 18.2. The van der Waals surface area contributed by atoms with Crippen LogP contribution in [0.5, 0.6) is 0 Å². The van der Waals surface area contributed by atoms with Crippen molar-refractivity contribution in [1.82, 2.24) is 0 Å². The number of hydrogen-bond donors (Lipinski definition) is 0. The van der Waals surface area contributed by atoms with Crippen LogP contribution in [-0.4, -0.2) is 37.5 Å². The number of rotatable bonds is 8. The number of benzene rings is 2. The Bertz CT molecular complexity index is 707. The fraction of sp³-hybridized carbons (Fsp3) is 0.300. The summed E-state index contributed by atoms with van der Waals surface area (Å²) in [5.41, 5.74) is 3.08. The summed E-state index contributed by atoms with van der Waals surface area (Å²) in [6.07, 6.45) is 0.626. The van der Waals surface area contributed by atoms with E-state index in [0.29, 0.717) is 24.2 Å². The molecule has 0 N–H and O–H groups in total. The lowest BCUT2D eigenvalue weighted by molar-refractivity contribution is 0.0493. The fourth-order valence-electron chi connectivity index (χ4n) is 2.27. The van der Waals surface area contributed by atoms with Crippen molar-refractivity contribution in [3.8, 4) is 11.1 Å². The van der Waals surface area contributed by atoms with E-state index in [9.17, 15) is 9.59 Å². The SMILES string of the molecule is COCCC(Cl)COC(=O)c1ccc(-c2ccc(C(C)=O)cc2)cc1. The van der Waals surface area contributed by atoms with Crippen molar-refractivity contribution < 1.29 is 19.1 Å². The summed E-state index contributed by atoms with van der Waals surface area (Å²) in [7, 11) is 1.60. The number of esters is 1. The van der Waals surface area contributed by atoms with Gasteiger partial charge in [-0.2, -0.15) is 0 Å². The van der Waals surface area contributed by atoms with Gasteiger partial charge < -0.3 is 9.47 Å². The quantitative estimate of drug-likeness (QED) is 0.399. The molecule has 0 bridgehead atoms. The molecule has 0 spiro atoms. The molecular weight excluding hydrogens is 340 g/mol. The van der Waals surface area contributed by atoms with E-state index in [1.54, 1.807) is 31.4 Å². The van der Waals surface area contributed by atoms with Crippen LogP contribution in [-0.2, 0) is 9.47 Å². The Morgan fingerprint density at radius 1 is 0.960 bits per heavy atom. The Morgan fingerprint density at radius 2 is 1.48 bits per heavy atom. The van der Waals surface area contributed by atoms with E-state index in [-0.39, 0.29) is 17.8 Å². The van der Waals surface area contributed by atoms with Gasteiger partial charge in [0.15, 0.2) is 5.78 Å². The first-order valence-electron chi connectivity index (χ1n) is 8.03. The number of alkyl halides is 1. The third-order valence-electron chi connectivity index (χ3n) is 3.78. The number of halogens is 1. The van der Waals surface area contributed by atoms with Crippen LogP contribution in [0.15, 0.2) is 48.5 Å². The normalized spacial score (nSPS) is 11.8. The number of Topliss-reactive ketones (excluding diaryl/α,β-unsaturated/α-hetero) is 1. The second-order valence-electron chi connectivity index (χ2n) is 5.69. The van der Waals surface area contributed by atoms with Gasteiger partial charge in [-0.15, -0.1) is 11.6 Å². The highest BCUT2D eigenvalue weighted by Gasteiger charge is 2.11. The number of carbonyl (C=O) groups excluding carboxylic acids is 2. The third kappa shape index (κ3) is 5.69. The predicted molar refractivity (Wildman–Crippen MR) is 98.3 cm³/mol. The smallest absolute Gasteiger partial charge is 0.338 e. The molecule has 0 heterocycles. The van der Waals surface area contributed by atoms with Crippen molar-refractivity contribution in [2.24, 2.45) is 0 Å². The zero-order valence-corrected chi connectivity index (χ0v) is 15.1. The van der Waals surface area contributed by atoms with E-state index in [1.165, 1.54) is 6.92 Å². The number of ketones is 1. The van der Waals surface area contributed by atoms with Crippen LogP contribution in [0.2, 0.25) is 0 Å². The van der Waals surface area contributed by atoms with Crippen LogP contribution in [0.1, 0.15) is 34.1 Å². The number of carbonyl (C=O) groups is 2. The molecule has 2 rings (SSSR count). The maximum Gasteiger partial charge on any atom is 0.338 e. The number of ether oxygens (including phenoxy) is 2. The second kappa shape index (κ2) is 9.35. The van der Waals surface area contributed by atoms with Crippen LogP contribution < -0.4 is 0 Å². The van der Waals surface area contributed by atoms with Gasteiger partial charge in [0.25, 0.3) is 0 Å². The van der Waals surface area contributed by atoms with E-state index in [4.69, 9.17) is 21.1 Å². The molecule has 4 nitrogen and oxygen atoms in total. The zero-order valence-electron chi connectivity index (χ0n) is 14.3. The molecule has 25 heavy (non-hydrogen) atoms. The van der Waals surface area contributed by atoms with Gasteiger partial charge in [0.1, 0.15) is 6.61 Å². The molecule has 0 amide bonds. The van der Waals surface area contributed by atoms with Gasteiger partial charge in [-0.25, -0.2) is 4.79 Å². The first-order valence-corrected chi connectivity index (χ1v) is 8.46. The van der Waals surface area contributed by atoms with Crippen molar-refractivity contribution in [3.05, 3.63) is 59.7 Å². The van der Waals surface area contributed by atoms with Crippen LogP contribution >= 0.6 is 11.6 Å². The first kappa shape index (κ1) is 19.2. The molecule has 0 aliphatic rings. The molecule has 5 heteroatoms. The minimum Gasteiger partial charge on any atom is -0.461 e. The monoisotopic (exact) mass is 360 g/mol. The van der Waals surface area contributed by atoms with Crippen molar-refractivity contribution in [3.63, 3.8) is 0 Å². The van der Waals surface area contributed by atoms with Crippen molar-refractivity contribution in [1.29, 1.82) is 0 Å². The summed E-state index contributed by atoms with van der Waals surface area (Å²) in [5, 5.41) is -0.261. The molecule has 1 atom stereocenters. The molecule has 2 aromatic carbocycles. The summed E-state index contributed by atoms with van der Waals surface area (Å²) in [6, 6.07) is 14.5. The van der Waals surface area contributed by atoms with Crippen molar-refractivity contribution in [2.75, 3.05) is 20.3 Å². The van der Waals surface area contributed by atoms with Gasteiger partial charge >= 0.3 is 5.97 Å². The maximum absolute atomic E-state index is 12.0. The van der Waals surface area contributed by atoms with Gasteiger partial charge in [0.05, 0.1) is 10.9 Å². The van der Waals surface area contributed by atoms with E-state index in [1.807, 2.05) is 24.3 Å². The van der Waals surface area contributed by atoms with E-state index >= 15 is 0 Å². The molecule has 0 aliphatic carbocycles. The average molecular weight is 361 g/mol. The van der Waals surface area contributed by atoms with Gasteiger partial charge in [-0.1, -0.05) is 36.4 Å². The van der Waals surface area contributed by atoms with Crippen LogP contribution in [0.4, 0.5) is 0 Å². The fourth-order valence-corrected chi connectivity index (χ4v) is 2.43. The average Bonchev–Trinajstić information content (AvgIpc) is 2.64. The molecule has 132 valence electrons. The summed E-state index contributed by atoms with van der Waals surface area (Å²) in [6.45, 7) is 2.22. The van der Waals surface area contributed by atoms with Gasteiger partial charge in [0, 0.05) is 19.3 Å². The Morgan fingerprint density at radius 3 is 1.96 bits per heavy atom. The lowest BCUT2D eigenvalue weighted by Gasteiger charge is -2.10. The van der Waals surface area contributed by atoms with E-state index in [2.05, 4.69) is 0 Å². The molecular formula is C20H21ClO4. The molecule has 0 saturated heterocycles. The molecule has 1 unspecified atom stereocenters. The summed E-state index contributed by atoms with van der Waals surface area (Å²) in [4.78, 5) is 23.4. The van der Waals surface area contributed by atoms with Gasteiger partial charge in [-0.05, 0) is 36.6 Å². The van der Waals surface area contributed by atoms with Crippen molar-refractivity contribution >= 4 is 23.4 Å². The van der Waals surface area contributed by atoms with Crippen LogP contribution in [0.25, 0.3) is 11.1 Å². The number of hydrogen-bond acceptors (Lipinski definition) is 4. The minimum atomic E-state index is -0.401. The third-order valence-corrected chi connectivity index (χ3v) is 4.12. The van der Waals surface area contributed by atoms with E-state index < -0.39 is 5.97 Å². The Labute approximate surface area is 152 Å². The lowest BCUT2D eigenvalue weighted by atomic mass is 10.0. The van der Waals surface area contributed by atoms with Crippen LogP contribution in [0, 0.1) is 0 Å². The lowest BCUT2D eigenvalue weighted by Crippen LogP contribution is -2.15. The highest BCUT2D eigenvalue weighted by Crippen LogP contribution is 2.21. The maximum atomic E-state index is 12.0. The molecule has 0 saturated carbocycles. The summed E-state index contributed by atoms with van der Waals surface area (Å²) in [5.74, 6) is -0.366. The highest BCUT2D eigenvalue weighted by molar-refractivity contribution is 6.20. The Hall–Kier alpha value is -2.17. The molecule has 2 aromatic rings. The van der Waals surface area contributed by atoms with E-state index in [0.717, 1.165) is 11.1 Å². The topological polar surface area (TPSA) is 52.6 Å². The molecule has 0 aromatic heterocycles. The number of methoxy groups -OCH3 is 1. The Kier molecular flexibility index (Phi) is 7.16. The van der Waals surface area contributed by atoms with Gasteiger partial charge in [-0.3, -0.25) is 4.79 Å². The predicted octanol–water partition coefficient (Wildman–Crippen LogP) is 4.36. The molecule has 0 radical (unpaired) electrons. The van der Waals surface area contributed by atoms with Crippen LogP contribution in [0.3, 0.4) is 0 Å². The van der Waals surface area contributed by atoms with Gasteiger partial charge in [0.2, 0.25) is 0 Å². The largest absolute Gasteiger partial charge is 0.461 e. The Balaban J connectivity index is 1.96. The highest BCUT2D eigenvalue weighted by atomic mass is 35.5. The molecule has 0 aliphatic heterocycles. The second-order valence-corrected chi connectivity index (χ2v) is 6.31. The molecule has 0 fully saturated rings. The summed E-state index contributed by atoms with van der Waals surface area (Å²) >= 11 is 6.05.